The molecule has 0 aromatic heterocycles. The van der Waals surface area contributed by atoms with Gasteiger partial charge in [0.25, 0.3) is 0 Å². The molecule has 0 unspecified atom stereocenters. The van der Waals surface area contributed by atoms with Crippen molar-refractivity contribution in [3.63, 3.8) is 0 Å². The number of hydrogen-bond donors (Lipinski definition) is 3. The van der Waals surface area contributed by atoms with Crippen LogP contribution in [0.15, 0.2) is 0 Å². The number of carboxylic acid groups (broad SMARTS) is 3. The molecule has 0 aliphatic heterocycles. The summed E-state index contributed by atoms with van der Waals surface area (Å²) in [6, 6.07) is 0. The maximum absolute atomic E-state index is 11.5. The molecule has 1 aromatic carbocycles. The Hall–Kier alpha value is -2.37. The van der Waals surface area contributed by atoms with Crippen LogP contribution in [0.4, 0.5) is 0 Å². The second-order valence-electron chi connectivity index (χ2n) is 19.5. The van der Waals surface area contributed by atoms with Gasteiger partial charge >= 0.3 is 17.9 Å². The molecule has 6 nitrogen and oxygen atoms in total. The molecule has 0 atom stereocenters. The van der Waals surface area contributed by atoms with Gasteiger partial charge < -0.3 is 15.3 Å². The molecule has 0 bridgehead atoms. The van der Waals surface area contributed by atoms with E-state index in [9.17, 15) is 29.7 Å². The summed E-state index contributed by atoms with van der Waals surface area (Å²) in [5.74, 6) is -2.14. The average molecular weight is 883 g/mol. The van der Waals surface area contributed by atoms with Gasteiger partial charge in [-0.2, -0.15) is 0 Å². The highest BCUT2D eigenvalue weighted by atomic mass is 16.4. The topological polar surface area (TPSA) is 112 Å². The van der Waals surface area contributed by atoms with Gasteiger partial charge in [-0.3, -0.25) is 14.4 Å². The minimum Gasteiger partial charge on any atom is -0.481 e. The summed E-state index contributed by atoms with van der Waals surface area (Å²) in [6.45, 7) is 6.87. The zero-order valence-electron chi connectivity index (χ0n) is 41.9. The van der Waals surface area contributed by atoms with E-state index >= 15 is 0 Å². The van der Waals surface area contributed by atoms with Gasteiger partial charge in [0.05, 0.1) is 0 Å². The van der Waals surface area contributed by atoms with E-state index in [1.807, 2.05) is 0 Å². The Bertz CT molecular complexity index is 1200. The van der Waals surface area contributed by atoms with Gasteiger partial charge in [0.15, 0.2) is 0 Å². The Morgan fingerprint density at radius 2 is 0.381 bits per heavy atom. The quantitative estimate of drug-likeness (QED) is 0.0562. The zero-order valence-corrected chi connectivity index (χ0v) is 41.9. The maximum Gasteiger partial charge on any atom is 0.303 e. The van der Waals surface area contributed by atoms with Crippen LogP contribution in [0.2, 0.25) is 0 Å². The molecule has 63 heavy (non-hydrogen) atoms. The van der Waals surface area contributed by atoms with E-state index in [2.05, 4.69) is 20.8 Å². The number of benzene rings is 1. The first-order valence-electron chi connectivity index (χ1n) is 27.6. The summed E-state index contributed by atoms with van der Waals surface area (Å²) < 4.78 is 0. The van der Waals surface area contributed by atoms with Gasteiger partial charge in [0.2, 0.25) is 0 Å². The summed E-state index contributed by atoms with van der Waals surface area (Å²) in [5, 5.41) is 28.3. The molecule has 0 aliphatic rings. The molecule has 1 aromatic rings. The molecule has 0 spiro atoms. The van der Waals surface area contributed by atoms with Gasteiger partial charge in [-0.05, 0) is 130 Å². The molecule has 6 heteroatoms. The highest BCUT2D eigenvalue weighted by Gasteiger charge is 2.23. The van der Waals surface area contributed by atoms with Crippen molar-refractivity contribution in [2.45, 2.75) is 310 Å². The van der Waals surface area contributed by atoms with Crippen LogP contribution in [0.3, 0.4) is 0 Å². The lowest BCUT2D eigenvalue weighted by atomic mass is 9.77. The lowest BCUT2D eigenvalue weighted by Gasteiger charge is -2.28. The highest BCUT2D eigenvalue weighted by Crippen LogP contribution is 2.36. The summed E-state index contributed by atoms with van der Waals surface area (Å²) in [6.07, 6.45) is 50.5. The molecular formula is C57H102O6. The van der Waals surface area contributed by atoms with Crippen LogP contribution >= 0.6 is 0 Å². The Balaban J connectivity index is 3.71. The van der Waals surface area contributed by atoms with Crippen molar-refractivity contribution >= 4 is 17.9 Å². The van der Waals surface area contributed by atoms with Crippen molar-refractivity contribution < 1.29 is 29.7 Å². The lowest BCUT2D eigenvalue weighted by molar-refractivity contribution is -0.138. The van der Waals surface area contributed by atoms with Crippen molar-refractivity contribution in [3.05, 3.63) is 33.4 Å². The Morgan fingerprint density at radius 1 is 0.238 bits per heavy atom. The van der Waals surface area contributed by atoms with Crippen LogP contribution in [-0.2, 0) is 52.9 Å². The summed E-state index contributed by atoms with van der Waals surface area (Å²) in [5.41, 5.74) is 9.59. The number of rotatable bonds is 48. The first-order valence-corrected chi connectivity index (χ1v) is 27.6. The first kappa shape index (κ1) is 58.6. The normalized spacial score (nSPS) is 11.5. The minimum atomic E-state index is -0.716. The molecule has 366 valence electrons. The van der Waals surface area contributed by atoms with Crippen molar-refractivity contribution in [1.82, 2.24) is 0 Å². The molecular weight excluding hydrogens is 781 g/mol. The number of aliphatic carboxylic acids is 3. The number of unbranched alkanes of at least 4 members (excludes halogenated alkanes) is 30. The second kappa shape index (κ2) is 42.3. The molecule has 0 radical (unpaired) electrons. The molecule has 3 N–H and O–H groups in total. The zero-order chi connectivity index (χ0) is 46.0. The Labute approximate surface area is 389 Å². The number of carbonyl (C=O) groups is 3. The van der Waals surface area contributed by atoms with Gasteiger partial charge in [0, 0.05) is 19.3 Å². The molecule has 0 amide bonds. The fourth-order valence-corrected chi connectivity index (χ4v) is 10.0. The molecule has 0 fully saturated rings. The third kappa shape index (κ3) is 32.0. The van der Waals surface area contributed by atoms with E-state index in [4.69, 9.17) is 0 Å². The third-order valence-electron chi connectivity index (χ3n) is 13.7. The van der Waals surface area contributed by atoms with Crippen LogP contribution in [0.5, 0.6) is 0 Å². The van der Waals surface area contributed by atoms with Crippen molar-refractivity contribution in [3.8, 4) is 0 Å². The van der Waals surface area contributed by atoms with Crippen LogP contribution in [0, 0.1) is 0 Å². The van der Waals surface area contributed by atoms with Gasteiger partial charge in [-0.15, -0.1) is 0 Å². The molecule has 0 saturated heterocycles. The van der Waals surface area contributed by atoms with Crippen molar-refractivity contribution in [2.75, 3.05) is 0 Å². The van der Waals surface area contributed by atoms with Crippen LogP contribution in [-0.4, -0.2) is 33.2 Å². The molecule has 1 rings (SSSR count). The van der Waals surface area contributed by atoms with Crippen molar-refractivity contribution in [2.24, 2.45) is 0 Å². The SMILES string of the molecule is CCCCCCCCCCCc1c(CCCCCCCCCCC)c(CCCCCC(=O)O)c(CCCCCC(=O)O)c(CCCCCC(=O)O)c1CCCCCCCCCCC. The highest BCUT2D eigenvalue weighted by molar-refractivity contribution is 5.67. The Kier molecular flexibility index (Phi) is 39.4. The van der Waals surface area contributed by atoms with Crippen LogP contribution < -0.4 is 0 Å². The average Bonchev–Trinajstić information content (AvgIpc) is 3.25. The van der Waals surface area contributed by atoms with E-state index in [-0.39, 0.29) is 19.3 Å². The van der Waals surface area contributed by atoms with Gasteiger partial charge in [0.1, 0.15) is 0 Å². The molecule has 0 aliphatic carbocycles. The van der Waals surface area contributed by atoms with E-state index in [1.165, 1.54) is 179 Å². The number of carboxylic acids is 3. The third-order valence-corrected chi connectivity index (χ3v) is 13.7. The molecule has 0 heterocycles. The first-order chi connectivity index (χ1) is 30.8. The van der Waals surface area contributed by atoms with Crippen LogP contribution in [0.25, 0.3) is 0 Å². The summed E-state index contributed by atoms with van der Waals surface area (Å²) in [7, 11) is 0. The largest absolute Gasteiger partial charge is 0.481 e. The standard InChI is InChI=1S/C57H102O6/c1-4-7-10-13-16-19-22-25-31-40-49-50(41-32-26-23-20-17-14-11-8-5-2)52(43-34-28-37-46-55(58)59)54(45-36-30-39-48-57(62)63)53(44-35-29-38-47-56(60)61)51(49)42-33-27-24-21-18-15-12-9-6-3/h4-48H2,1-3H3,(H,58,59)(H,60,61)(H,62,63). The van der Waals surface area contributed by atoms with E-state index in [1.54, 1.807) is 27.8 Å². The Morgan fingerprint density at radius 3 is 0.540 bits per heavy atom. The van der Waals surface area contributed by atoms with Crippen LogP contribution in [0.1, 0.15) is 305 Å². The smallest absolute Gasteiger partial charge is 0.303 e. The fourth-order valence-electron chi connectivity index (χ4n) is 10.0. The fraction of sp³-hybridized carbons (Fsp3) is 0.842. The van der Waals surface area contributed by atoms with Gasteiger partial charge in [-0.1, -0.05) is 194 Å². The maximum atomic E-state index is 11.5. The lowest BCUT2D eigenvalue weighted by Crippen LogP contribution is -2.15. The second-order valence-corrected chi connectivity index (χ2v) is 19.5. The van der Waals surface area contributed by atoms with E-state index < -0.39 is 17.9 Å². The van der Waals surface area contributed by atoms with Gasteiger partial charge in [-0.25, -0.2) is 0 Å². The predicted molar refractivity (Wildman–Crippen MR) is 269 cm³/mol. The van der Waals surface area contributed by atoms with E-state index in [0.717, 1.165) is 77.0 Å². The van der Waals surface area contributed by atoms with Crippen molar-refractivity contribution in [1.29, 1.82) is 0 Å². The van der Waals surface area contributed by atoms with E-state index in [0.29, 0.717) is 19.3 Å². The summed E-state index contributed by atoms with van der Waals surface area (Å²) in [4.78, 5) is 34.4. The summed E-state index contributed by atoms with van der Waals surface area (Å²) >= 11 is 0. The number of hydrogen-bond acceptors (Lipinski definition) is 3. The predicted octanol–water partition coefficient (Wildman–Crippen LogP) is 17.5. The monoisotopic (exact) mass is 883 g/mol. The molecule has 0 saturated carbocycles. The minimum absolute atomic E-state index is 0.220.